The van der Waals surface area contributed by atoms with Crippen molar-refractivity contribution in [3.63, 3.8) is 0 Å². The maximum absolute atomic E-state index is 11.8. The Bertz CT molecular complexity index is 536. The lowest BCUT2D eigenvalue weighted by atomic mass is 9.82. The van der Waals surface area contributed by atoms with Gasteiger partial charge in [-0.15, -0.1) is 0 Å². The van der Waals surface area contributed by atoms with Crippen molar-refractivity contribution in [2.24, 2.45) is 5.41 Å². The van der Waals surface area contributed by atoms with Gasteiger partial charge in [0.1, 0.15) is 0 Å². The molecule has 0 heterocycles. The van der Waals surface area contributed by atoms with Crippen LogP contribution in [0.2, 0.25) is 0 Å². The number of amides is 1. The van der Waals surface area contributed by atoms with Crippen molar-refractivity contribution < 1.29 is 14.7 Å². The number of carbonyl (C=O) groups is 2. The van der Waals surface area contributed by atoms with Crippen molar-refractivity contribution in [3.05, 3.63) is 40.4 Å². The van der Waals surface area contributed by atoms with Crippen LogP contribution < -0.4 is 5.32 Å². The molecule has 0 aliphatic carbocycles. The minimum Gasteiger partial charge on any atom is -0.481 e. The first-order valence-electron chi connectivity index (χ1n) is 6.89. The molecule has 1 amide bonds. The minimum atomic E-state index is -0.892. The Kier molecular flexibility index (Phi) is 6.62. The van der Waals surface area contributed by atoms with Crippen LogP contribution in [0.25, 0.3) is 6.08 Å². The van der Waals surface area contributed by atoms with E-state index in [4.69, 9.17) is 0 Å². The van der Waals surface area contributed by atoms with Crippen LogP contribution in [-0.4, -0.2) is 23.5 Å². The smallest absolute Gasteiger partial charge is 0.311 e. The summed E-state index contributed by atoms with van der Waals surface area (Å²) in [6, 6.07) is 7.55. The lowest BCUT2D eigenvalue weighted by molar-refractivity contribution is -0.149. The first kappa shape index (κ1) is 17.4. The molecule has 0 bridgehead atoms. The zero-order valence-electron chi connectivity index (χ0n) is 12.2. The number of nitrogens with one attached hydrogen (secondary N) is 1. The third-order valence-corrected chi connectivity index (χ3v) is 4.45. The molecule has 0 spiro atoms. The molecule has 1 aromatic carbocycles. The lowest BCUT2D eigenvalue weighted by Gasteiger charge is -2.26. The summed E-state index contributed by atoms with van der Waals surface area (Å²) >= 11 is 3.40. The fourth-order valence-corrected chi connectivity index (χ4v) is 2.39. The van der Waals surface area contributed by atoms with Gasteiger partial charge in [0.25, 0.3) is 0 Å². The molecule has 114 valence electrons. The molecular formula is C16H20BrNO3. The molecule has 0 fully saturated rings. The molecule has 0 saturated heterocycles. The molecule has 1 rings (SSSR count). The van der Waals surface area contributed by atoms with Gasteiger partial charge in [-0.2, -0.15) is 0 Å². The van der Waals surface area contributed by atoms with Crippen LogP contribution >= 0.6 is 15.9 Å². The predicted molar refractivity (Wildman–Crippen MR) is 86.8 cm³/mol. The van der Waals surface area contributed by atoms with Crippen molar-refractivity contribution in [2.45, 2.75) is 26.7 Å². The number of carbonyl (C=O) groups excluding carboxylic acids is 1. The standard InChI is InChI=1S/C16H20BrNO3/c1-3-16(4-2,15(20)21)11-18-14(19)10-9-12-7-5-6-8-13(12)17/h5-10H,3-4,11H2,1-2H3,(H,18,19)(H,20,21)/b10-9+. The number of hydrogen-bond donors (Lipinski definition) is 2. The molecule has 0 unspecified atom stereocenters. The largest absolute Gasteiger partial charge is 0.481 e. The number of hydrogen-bond acceptors (Lipinski definition) is 2. The van der Waals surface area contributed by atoms with Gasteiger partial charge in [-0.05, 0) is 30.5 Å². The fraction of sp³-hybridized carbons (Fsp3) is 0.375. The Labute approximate surface area is 133 Å². The summed E-state index contributed by atoms with van der Waals surface area (Å²) in [6.07, 6.45) is 4.07. The van der Waals surface area contributed by atoms with E-state index in [1.165, 1.54) is 6.08 Å². The fourth-order valence-electron chi connectivity index (χ4n) is 1.97. The van der Waals surface area contributed by atoms with Crippen LogP contribution in [0.1, 0.15) is 32.3 Å². The van der Waals surface area contributed by atoms with Crippen molar-refractivity contribution in [2.75, 3.05) is 6.54 Å². The third-order valence-electron chi connectivity index (χ3n) is 3.73. The number of carboxylic acid groups (broad SMARTS) is 1. The number of carboxylic acids is 1. The van der Waals surface area contributed by atoms with E-state index in [1.807, 2.05) is 38.1 Å². The molecular weight excluding hydrogens is 334 g/mol. The highest BCUT2D eigenvalue weighted by Gasteiger charge is 2.34. The molecule has 21 heavy (non-hydrogen) atoms. The minimum absolute atomic E-state index is 0.133. The van der Waals surface area contributed by atoms with Crippen LogP contribution in [0.15, 0.2) is 34.8 Å². The van der Waals surface area contributed by atoms with E-state index in [2.05, 4.69) is 21.2 Å². The van der Waals surface area contributed by atoms with Crippen molar-refractivity contribution >= 4 is 33.9 Å². The Morgan fingerprint density at radius 1 is 1.29 bits per heavy atom. The number of benzene rings is 1. The van der Waals surface area contributed by atoms with E-state index in [0.717, 1.165) is 10.0 Å². The van der Waals surface area contributed by atoms with Gasteiger partial charge in [0.05, 0.1) is 5.41 Å². The van der Waals surface area contributed by atoms with Crippen LogP contribution in [0.3, 0.4) is 0 Å². The van der Waals surface area contributed by atoms with Gasteiger partial charge in [-0.3, -0.25) is 9.59 Å². The van der Waals surface area contributed by atoms with Gasteiger partial charge >= 0.3 is 5.97 Å². The maximum Gasteiger partial charge on any atom is 0.311 e. The highest BCUT2D eigenvalue weighted by Crippen LogP contribution is 2.25. The van der Waals surface area contributed by atoms with E-state index in [-0.39, 0.29) is 12.5 Å². The quantitative estimate of drug-likeness (QED) is 0.737. The van der Waals surface area contributed by atoms with E-state index in [0.29, 0.717) is 12.8 Å². The Hall–Kier alpha value is -1.62. The summed E-state index contributed by atoms with van der Waals surface area (Å²) < 4.78 is 0.899. The summed E-state index contributed by atoms with van der Waals surface area (Å²) in [5.41, 5.74) is -0.000246. The van der Waals surface area contributed by atoms with E-state index in [9.17, 15) is 14.7 Å². The van der Waals surface area contributed by atoms with E-state index in [1.54, 1.807) is 6.08 Å². The second kappa shape index (κ2) is 7.98. The van der Waals surface area contributed by atoms with Crippen molar-refractivity contribution in [1.82, 2.24) is 5.32 Å². The van der Waals surface area contributed by atoms with Crippen LogP contribution in [0, 0.1) is 5.41 Å². The molecule has 0 aromatic heterocycles. The SMILES string of the molecule is CCC(CC)(CNC(=O)/C=C/c1ccccc1Br)C(=O)O. The van der Waals surface area contributed by atoms with Gasteiger partial charge < -0.3 is 10.4 Å². The van der Waals surface area contributed by atoms with Gasteiger partial charge in [0, 0.05) is 17.1 Å². The van der Waals surface area contributed by atoms with E-state index < -0.39 is 11.4 Å². The summed E-state index contributed by atoms with van der Waals surface area (Å²) in [6.45, 7) is 3.77. The number of aliphatic carboxylic acids is 1. The summed E-state index contributed by atoms with van der Waals surface area (Å²) in [5.74, 6) is -1.17. The zero-order chi connectivity index (χ0) is 15.9. The first-order chi connectivity index (χ1) is 9.95. The molecule has 4 nitrogen and oxygen atoms in total. The Balaban J connectivity index is 2.66. The van der Waals surface area contributed by atoms with Gasteiger partial charge in [-0.1, -0.05) is 48.0 Å². The normalized spacial score (nSPS) is 11.6. The second-order valence-electron chi connectivity index (χ2n) is 4.87. The first-order valence-corrected chi connectivity index (χ1v) is 7.68. The molecule has 1 aromatic rings. The molecule has 0 atom stereocenters. The molecule has 2 N–H and O–H groups in total. The highest BCUT2D eigenvalue weighted by atomic mass is 79.9. The molecule has 0 saturated carbocycles. The van der Waals surface area contributed by atoms with Gasteiger partial charge in [0.15, 0.2) is 0 Å². The predicted octanol–water partition coefficient (Wildman–Crippen LogP) is 3.47. The van der Waals surface area contributed by atoms with Gasteiger partial charge in [0.2, 0.25) is 5.91 Å². The Morgan fingerprint density at radius 3 is 2.43 bits per heavy atom. The third kappa shape index (κ3) is 4.70. The second-order valence-corrected chi connectivity index (χ2v) is 5.72. The maximum atomic E-state index is 11.8. The number of rotatable bonds is 7. The average molecular weight is 354 g/mol. The zero-order valence-corrected chi connectivity index (χ0v) is 13.8. The monoisotopic (exact) mass is 353 g/mol. The topological polar surface area (TPSA) is 66.4 Å². The molecule has 0 aliphatic heterocycles. The van der Waals surface area contributed by atoms with Gasteiger partial charge in [-0.25, -0.2) is 0 Å². The lowest BCUT2D eigenvalue weighted by Crippen LogP contribution is -2.41. The summed E-state index contributed by atoms with van der Waals surface area (Å²) in [4.78, 5) is 23.2. The molecule has 0 radical (unpaired) electrons. The summed E-state index contributed by atoms with van der Waals surface area (Å²) in [5, 5.41) is 12.0. The van der Waals surface area contributed by atoms with Crippen molar-refractivity contribution in [1.29, 1.82) is 0 Å². The molecule has 0 aliphatic rings. The number of halogens is 1. The highest BCUT2D eigenvalue weighted by molar-refractivity contribution is 9.10. The van der Waals surface area contributed by atoms with Crippen LogP contribution in [-0.2, 0) is 9.59 Å². The average Bonchev–Trinajstić information content (AvgIpc) is 2.47. The van der Waals surface area contributed by atoms with E-state index >= 15 is 0 Å². The Morgan fingerprint density at radius 2 is 1.90 bits per heavy atom. The van der Waals surface area contributed by atoms with Crippen LogP contribution in [0.5, 0.6) is 0 Å². The van der Waals surface area contributed by atoms with Crippen LogP contribution in [0.4, 0.5) is 0 Å². The summed E-state index contributed by atoms with van der Waals surface area (Å²) in [7, 11) is 0. The van der Waals surface area contributed by atoms with Crippen molar-refractivity contribution in [3.8, 4) is 0 Å². The molecule has 5 heteroatoms.